The molecule has 2 rings (SSSR count). The average Bonchev–Trinajstić information content (AvgIpc) is 2.85. The van der Waals surface area contributed by atoms with Crippen LogP contribution in [0.25, 0.3) is 0 Å². The van der Waals surface area contributed by atoms with Gasteiger partial charge in [0.05, 0.1) is 0 Å². The number of benzene rings is 1. The number of ether oxygens (including phenoxy) is 1. The van der Waals surface area contributed by atoms with Crippen molar-refractivity contribution in [2.45, 2.75) is 32.8 Å². The molecule has 0 bridgehead atoms. The van der Waals surface area contributed by atoms with Gasteiger partial charge in [-0.15, -0.1) is 0 Å². The number of rotatable bonds is 4. The first-order chi connectivity index (χ1) is 9.36. The Morgan fingerprint density at radius 2 is 1.95 bits per heavy atom. The van der Waals surface area contributed by atoms with Crippen LogP contribution in [0.15, 0.2) is 28.8 Å². The van der Waals surface area contributed by atoms with Crippen molar-refractivity contribution < 1.29 is 14.1 Å². The zero-order valence-corrected chi connectivity index (χ0v) is 11.7. The van der Waals surface area contributed by atoms with Crippen LogP contribution >= 0.6 is 0 Å². The Kier molecular flexibility index (Phi) is 3.74. The van der Waals surface area contributed by atoms with E-state index in [1.807, 2.05) is 20.8 Å². The predicted octanol–water partition coefficient (Wildman–Crippen LogP) is 2.04. The van der Waals surface area contributed by atoms with Crippen molar-refractivity contribution in [2.24, 2.45) is 5.73 Å². The van der Waals surface area contributed by atoms with Crippen molar-refractivity contribution in [3.8, 4) is 5.75 Å². The summed E-state index contributed by atoms with van der Waals surface area (Å²) < 4.78 is 10.6. The lowest BCUT2D eigenvalue weighted by molar-refractivity contribution is 0.1000. The maximum absolute atomic E-state index is 10.9. The van der Waals surface area contributed by atoms with E-state index in [9.17, 15) is 4.79 Å². The normalized spacial score (nSPS) is 11.3. The lowest BCUT2D eigenvalue weighted by atomic mass is 9.96. The SMILES string of the molecule is CC(C)(C)c1noc(COc2ccc(C(N)=O)cc2)n1. The summed E-state index contributed by atoms with van der Waals surface area (Å²) in [6.07, 6.45) is 0. The fourth-order valence-corrected chi connectivity index (χ4v) is 1.48. The molecule has 0 saturated carbocycles. The Labute approximate surface area is 116 Å². The predicted molar refractivity (Wildman–Crippen MR) is 72.3 cm³/mol. The number of nitrogens with two attached hydrogens (primary N) is 1. The molecular formula is C14H17N3O3. The smallest absolute Gasteiger partial charge is 0.264 e. The summed E-state index contributed by atoms with van der Waals surface area (Å²) in [5.74, 6) is 1.18. The number of nitrogens with zero attached hydrogens (tertiary/aromatic N) is 2. The molecule has 1 aromatic carbocycles. The molecule has 1 amide bonds. The van der Waals surface area contributed by atoms with E-state index in [0.717, 1.165) is 0 Å². The van der Waals surface area contributed by atoms with Gasteiger partial charge in [0.2, 0.25) is 5.91 Å². The van der Waals surface area contributed by atoms with Crippen molar-refractivity contribution in [1.29, 1.82) is 0 Å². The van der Waals surface area contributed by atoms with Crippen LogP contribution in [0, 0.1) is 0 Å². The molecule has 20 heavy (non-hydrogen) atoms. The van der Waals surface area contributed by atoms with Gasteiger partial charge in [-0.05, 0) is 24.3 Å². The number of aromatic nitrogens is 2. The van der Waals surface area contributed by atoms with Crippen LogP contribution in [0.2, 0.25) is 0 Å². The molecule has 0 unspecified atom stereocenters. The van der Waals surface area contributed by atoms with E-state index < -0.39 is 5.91 Å². The van der Waals surface area contributed by atoms with E-state index in [4.69, 9.17) is 15.0 Å². The van der Waals surface area contributed by atoms with Crippen LogP contribution in [-0.2, 0) is 12.0 Å². The minimum absolute atomic E-state index is 0.162. The third kappa shape index (κ3) is 3.34. The van der Waals surface area contributed by atoms with E-state index in [1.54, 1.807) is 24.3 Å². The second-order valence-corrected chi connectivity index (χ2v) is 5.44. The molecule has 0 aliphatic carbocycles. The maximum atomic E-state index is 10.9. The molecular weight excluding hydrogens is 258 g/mol. The van der Waals surface area contributed by atoms with Gasteiger partial charge in [-0.1, -0.05) is 25.9 Å². The molecule has 0 radical (unpaired) electrons. The number of hydrogen-bond acceptors (Lipinski definition) is 5. The molecule has 0 aliphatic rings. The van der Waals surface area contributed by atoms with Gasteiger partial charge in [0.25, 0.3) is 5.89 Å². The van der Waals surface area contributed by atoms with Gasteiger partial charge in [0.15, 0.2) is 12.4 Å². The van der Waals surface area contributed by atoms with Crippen LogP contribution in [0.3, 0.4) is 0 Å². The second kappa shape index (κ2) is 5.32. The Morgan fingerprint density at radius 1 is 1.30 bits per heavy atom. The molecule has 0 aliphatic heterocycles. The van der Waals surface area contributed by atoms with Crippen LogP contribution in [0.1, 0.15) is 42.8 Å². The van der Waals surface area contributed by atoms with Crippen molar-refractivity contribution in [1.82, 2.24) is 10.1 Å². The number of carbonyl (C=O) groups is 1. The van der Waals surface area contributed by atoms with Crippen molar-refractivity contribution >= 4 is 5.91 Å². The standard InChI is InChI=1S/C14H17N3O3/c1-14(2,3)13-16-11(20-17-13)8-19-10-6-4-9(5-7-10)12(15)18/h4-7H,8H2,1-3H3,(H2,15,18). The van der Waals surface area contributed by atoms with Gasteiger partial charge in [0.1, 0.15) is 5.75 Å². The third-order valence-corrected chi connectivity index (χ3v) is 2.64. The molecule has 1 heterocycles. The van der Waals surface area contributed by atoms with Gasteiger partial charge in [-0.3, -0.25) is 4.79 Å². The molecule has 6 heteroatoms. The Bertz CT molecular complexity index is 597. The molecule has 1 aromatic heterocycles. The van der Waals surface area contributed by atoms with Crippen molar-refractivity contribution in [2.75, 3.05) is 0 Å². The topological polar surface area (TPSA) is 91.2 Å². The lowest BCUT2D eigenvalue weighted by Gasteiger charge is -2.10. The first-order valence-corrected chi connectivity index (χ1v) is 6.22. The van der Waals surface area contributed by atoms with E-state index in [1.165, 1.54) is 0 Å². The minimum atomic E-state index is -0.469. The minimum Gasteiger partial charge on any atom is -0.484 e. The Balaban J connectivity index is 1.98. The summed E-state index contributed by atoms with van der Waals surface area (Å²) in [4.78, 5) is 15.2. The first kappa shape index (κ1) is 14.0. The molecule has 6 nitrogen and oxygen atoms in total. The van der Waals surface area contributed by atoms with E-state index >= 15 is 0 Å². The number of carbonyl (C=O) groups excluding carboxylic acids is 1. The number of primary amides is 1. The largest absolute Gasteiger partial charge is 0.484 e. The van der Waals surface area contributed by atoms with Crippen molar-refractivity contribution in [3.05, 3.63) is 41.5 Å². The number of hydrogen-bond donors (Lipinski definition) is 1. The highest BCUT2D eigenvalue weighted by atomic mass is 16.5. The fraction of sp³-hybridized carbons (Fsp3) is 0.357. The van der Waals surface area contributed by atoms with Gasteiger partial charge < -0.3 is 15.0 Å². The first-order valence-electron chi connectivity index (χ1n) is 6.22. The molecule has 2 aromatic rings. The van der Waals surface area contributed by atoms with Gasteiger partial charge >= 0.3 is 0 Å². The van der Waals surface area contributed by atoms with Gasteiger partial charge in [-0.25, -0.2) is 0 Å². The summed E-state index contributed by atoms with van der Waals surface area (Å²) in [6.45, 7) is 6.19. The Hall–Kier alpha value is -2.37. The number of amides is 1. The van der Waals surface area contributed by atoms with Gasteiger partial charge in [-0.2, -0.15) is 4.98 Å². The van der Waals surface area contributed by atoms with E-state index in [2.05, 4.69) is 10.1 Å². The van der Waals surface area contributed by atoms with Crippen molar-refractivity contribution in [3.63, 3.8) is 0 Å². The highest BCUT2D eigenvalue weighted by Crippen LogP contribution is 2.19. The zero-order valence-electron chi connectivity index (χ0n) is 11.7. The summed E-state index contributed by atoms with van der Waals surface area (Å²) in [7, 11) is 0. The third-order valence-electron chi connectivity index (χ3n) is 2.64. The molecule has 0 spiro atoms. The maximum Gasteiger partial charge on any atom is 0.264 e. The van der Waals surface area contributed by atoms with E-state index in [-0.39, 0.29) is 12.0 Å². The fourth-order valence-electron chi connectivity index (χ4n) is 1.48. The van der Waals surface area contributed by atoms with Crippen LogP contribution < -0.4 is 10.5 Å². The highest BCUT2D eigenvalue weighted by molar-refractivity contribution is 5.92. The summed E-state index contributed by atoms with van der Waals surface area (Å²) in [5.41, 5.74) is 5.43. The van der Waals surface area contributed by atoms with Crippen LogP contribution in [-0.4, -0.2) is 16.0 Å². The zero-order chi connectivity index (χ0) is 14.8. The summed E-state index contributed by atoms with van der Waals surface area (Å²) >= 11 is 0. The summed E-state index contributed by atoms with van der Waals surface area (Å²) in [5, 5.41) is 3.91. The highest BCUT2D eigenvalue weighted by Gasteiger charge is 2.20. The molecule has 106 valence electrons. The Morgan fingerprint density at radius 3 is 2.45 bits per heavy atom. The lowest BCUT2D eigenvalue weighted by Crippen LogP contribution is -2.13. The van der Waals surface area contributed by atoms with E-state index in [0.29, 0.717) is 23.0 Å². The average molecular weight is 275 g/mol. The molecule has 0 fully saturated rings. The molecule has 0 saturated heterocycles. The molecule has 2 N–H and O–H groups in total. The van der Waals surface area contributed by atoms with Crippen LogP contribution in [0.4, 0.5) is 0 Å². The monoisotopic (exact) mass is 275 g/mol. The van der Waals surface area contributed by atoms with Gasteiger partial charge in [0, 0.05) is 11.0 Å². The quantitative estimate of drug-likeness (QED) is 0.922. The summed E-state index contributed by atoms with van der Waals surface area (Å²) in [6, 6.07) is 6.54. The molecule has 0 atom stereocenters. The van der Waals surface area contributed by atoms with Crippen LogP contribution in [0.5, 0.6) is 5.75 Å². The second-order valence-electron chi connectivity index (χ2n) is 5.44.